The zero-order valence-electron chi connectivity index (χ0n) is 20.4. The Kier molecular flexibility index (Phi) is 7.24. The van der Waals surface area contributed by atoms with Gasteiger partial charge in [-0.05, 0) is 47.0 Å². The molecule has 1 unspecified atom stereocenters. The van der Waals surface area contributed by atoms with Crippen molar-refractivity contribution in [3.05, 3.63) is 95.3 Å². The molecule has 3 N–H and O–H groups in total. The van der Waals surface area contributed by atoms with E-state index in [1.165, 1.54) is 6.07 Å². The molecule has 0 aromatic heterocycles. The van der Waals surface area contributed by atoms with Gasteiger partial charge in [0.1, 0.15) is 12.4 Å². The topological polar surface area (TPSA) is 79.8 Å². The number of thiocarbonyl (C=S) groups is 1. The van der Waals surface area contributed by atoms with Gasteiger partial charge in [-0.1, -0.05) is 66.7 Å². The molecule has 5 rings (SSSR count). The predicted molar refractivity (Wildman–Crippen MR) is 143 cm³/mol. The van der Waals surface area contributed by atoms with Crippen LogP contribution in [0.25, 0.3) is 11.1 Å². The Morgan fingerprint density at radius 3 is 2.30 bits per heavy atom. The molecule has 192 valence electrons. The van der Waals surface area contributed by atoms with Gasteiger partial charge >= 0.3 is 6.09 Å². The number of aliphatic hydroxyl groups excluding tert-OH is 1. The number of nitrogens with one attached hydrogen (secondary N) is 2. The predicted octanol–water partition coefficient (Wildman–Crippen LogP) is 4.85. The Balaban J connectivity index is 1.30. The van der Waals surface area contributed by atoms with Gasteiger partial charge in [0.15, 0.2) is 5.11 Å². The standard InChI is InChI=1S/C29H29FN2O4S/c1-35-19-14-18(16-33)29(15-19,25-12-6-7-13-26(25)30)32-27(37)31-28(34)36-17-24-22-10-4-2-8-20(22)21-9-3-5-11-23(21)24/h2-13,18-19,24,33H,14-17H2,1H3,(H2,31,32,34,37)/t18-,19+,29?/m0/s1. The lowest BCUT2D eigenvalue weighted by Crippen LogP contribution is -2.54. The SMILES string of the molecule is CO[C@@H]1C[C@@H](CO)C(NC(=S)NC(=O)OCC2c3ccccc3-c3ccccc32)(c2ccccc2F)C1. The maximum absolute atomic E-state index is 15.0. The van der Waals surface area contributed by atoms with Gasteiger partial charge in [0.05, 0.1) is 11.6 Å². The van der Waals surface area contributed by atoms with Gasteiger partial charge in [-0.3, -0.25) is 5.32 Å². The van der Waals surface area contributed by atoms with Crippen molar-refractivity contribution in [2.75, 3.05) is 20.3 Å². The van der Waals surface area contributed by atoms with Crippen molar-refractivity contribution in [2.45, 2.75) is 30.4 Å². The van der Waals surface area contributed by atoms with Crippen molar-refractivity contribution in [1.82, 2.24) is 10.6 Å². The molecule has 37 heavy (non-hydrogen) atoms. The summed E-state index contributed by atoms with van der Waals surface area (Å²) in [4.78, 5) is 12.8. The van der Waals surface area contributed by atoms with E-state index in [-0.39, 0.29) is 36.3 Å². The second-order valence-corrected chi connectivity index (χ2v) is 9.94. The van der Waals surface area contributed by atoms with Gasteiger partial charge < -0.3 is 19.9 Å². The largest absolute Gasteiger partial charge is 0.448 e. The Morgan fingerprint density at radius 1 is 1.05 bits per heavy atom. The molecule has 0 radical (unpaired) electrons. The molecular weight excluding hydrogens is 491 g/mol. The number of amides is 1. The number of halogens is 1. The van der Waals surface area contributed by atoms with E-state index in [4.69, 9.17) is 21.7 Å². The monoisotopic (exact) mass is 520 g/mol. The van der Waals surface area contributed by atoms with E-state index in [0.29, 0.717) is 18.4 Å². The van der Waals surface area contributed by atoms with Crippen molar-refractivity contribution in [3.63, 3.8) is 0 Å². The minimum absolute atomic E-state index is 0.00400. The number of hydrogen-bond acceptors (Lipinski definition) is 5. The van der Waals surface area contributed by atoms with Gasteiger partial charge in [-0.15, -0.1) is 0 Å². The smallest absolute Gasteiger partial charge is 0.413 e. The number of ether oxygens (including phenoxy) is 2. The van der Waals surface area contributed by atoms with Crippen LogP contribution in [0.3, 0.4) is 0 Å². The Morgan fingerprint density at radius 2 is 1.68 bits per heavy atom. The summed E-state index contributed by atoms with van der Waals surface area (Å²) in [6, 6.07) is 22.6. The van der Waals surface area contributed by atoms with Crippen LogP contribution >= 0.6 is 12.2 Å². The van der Waals surface area contributed by atoms with E-state index >= 15 is 0 Å². The number of carbonyl (C=O) groups is 1. The molecule has 0 saturated heterocycles. The first-order valence-electron chi connectivity index (χ1n) is 12.3. The van der Waals surface area contributed by atoms with Crippen LogP contribution in [-0.2, 0) is 15.0 Å². The number of rotatable bonds is 6. The normalized spacial score (nSPS) is 22.2. The van der Waals surface area contributed by atoms with E-state index < -0.39 is 17.4 Å². The number of benzene rings is 3. The molecule has 0 spiro atoms. The molecule has 0 bridgehead atoms. The lowest BCUT2D eigenvalue weighted by atomic mass is 9.80. The minimum atomic E-state index is -1.05. The molecule has 2 aliphatic rings. The molecule has 3 aromatic carbocycles. The fourth-order valence-corrected chi connectivity index (χ4v) is 6.14. The van der Waals surface area contributed by atoms with Crippen molar-refractivity contribution in [2.24, 2.45) is 5.92 Å². The molecule has 2 aliphatic carbocycles. The Labute approximate surface area is 220 Å². The molecule has 6 nitrogen and oxygen atoms in total. The van der Waals surface area contributed by atoms with Crippen LogP contribution in [0.15, 0.2) is 72.8 Å². The Hall–Kier alpha value is -3.33. The van der Waals surface area contributed by atoms with Gasteiger partial charge in [0.25, 0.3) is 0 Å². The number of hydrogen-bond donors (Lipinski definition) is 3. The van der Waals surface area contributed by atoms with Crippen molar-refractivity contribution < 1.29 is 23.8 Å². The van der Waals surface area contributed by atoms with Crippen molar-refractivity contribution in [1.29, 1.82) is 0 Å². The number of aliphatic hydroxyl groups is 1. The van der Waals surface area contributed by atoms with E-state index in [9.17, 15) is 14.3 Å². The maximum atomic E-state index is 15.0. The average Bonchev–Trinajstić information content (AvgIpc) is 3.43. The fourth-order valence-electron chi connectivity index (χ4n) is 5.87. The van der Waals surface area contributed by atoms with Gasteiger partial charge in [-0.2, -0.15) is 0 Å². The molecule has 1 amide bonds. The van der Waals surface area contributed by atoms with Crippen LogP contribution in [0.4, 0.5) is 9.18 Å². The highest BCUT2D eigenvalue weighted by molar-refractivity contribution is 7.80. The Bertz CT molecular complexity index is 1270. The summed E-state index contributed by atoms with van der Waals surface area (Å²) in [5.41, 5.74) is 3.82. The molecule has 8 heteroatoms. The summed E-state index contributed by atoms with van der Waals surface area (Å²) in [6.45, 7) is -0.0549. The summed E-state index contributed by atoms with van der Waals surface area (Å²) < 4.78 is 26.1. The summed E-state index contributed by atoms with van der Waals surface area (Å²) in [7, 11) is 1.59. The molecular formula is C29H29FN2O4S. The van der Waals surface area contributed by atoms with E-state index in [0.717, 1.165) is 22.3 Å². The lowest BCUT2D eigenvalue weighted by Gasteiger charge is -2.37. The summed E-state index contributed by atoms with van der Waals surface area (Å²) in [6.07, 6.45) is -0.0178. The first-order valence-corrected chi connectivity index (χ1v) is 12.7. The second kappa shape index (κ2) is 10.6. The van der Waals surface area contributed by atoms with Crippen molar-refractivity contribution >= 4 is 23.4 Å². The summed E-state index contributed by atoms with van der Waals surface area (Å²) in [5, 5.41) is 15.9. The summed E-state index contributed by atoms with van der Waals surface area (Å²) >= 11 is 5.46. The van der Waals surface area contributed by atoms with Gasteiger partial charge in [0, 0.05) is 37.5 Å². The van der Waals surface area contributed by atoms with Crippen LogP contribution in [0.5, 0.6) is 0 Å². The average molecular weight is 521 g/mol. The van der Waals surface area contributed by atoms with Crippen LogP contribution in [0.1, 0.15) is 35.4 Å². The lowest BCUT2D eigenvalue weighted by molar-refractivity contribution is 0.0992. The third-order valence-electron chi connectivity index (χ3n) is 7.60. The van der Waals surface area contributed by atoms with Crippen molar-refractivity contribution in [3.8, 4) is 11.1 Å². The quantitative estimate of drug-likeness (QED) is 0.403. The number of carbonyl (C=O) groups excluding carboxylic acids is 1. The summed E-state index contributed by atoms with van der Waals surface area (Å²) in [5.74, 6) is -0.883. The van der Waals surface area contributed by atoms with Crippen LogP contribution in [-0.4, -0.2) is 42.7 Å². The molecule has 0 heterocycles. The zero-order chi connectivity index (χ0) is 26.0. The third-order valence-corrected chi connectivity index (χ3v) is 7.80. The van der Waals surface area contributed by atoms with E-state index in [2.05, 4.69) is 22.8 Å². The highest BCUT2D eigenvalue weighted by Crippen LogP contribution is 2.46. The first kappa shape index (κ1) is 25.3. The molecule has 3 aromatic rings. The van der Waals surface area contributed by atoms with Crippen LogP contribution in [0, 0.1) is 11.7 Å². The molecule has 1 fully saturated rings. The number of methoxy groups -OCH3 is 1. The first-order chi connectivity index (χ1) is 18.0. The highest BCUT2D eigenvalue weighted by atomic mass is 32.1. The second-order valence-electron chi connectivity index (χ2n) is 9.53. The third kappa shape index (κ3) is 4.72. The molecule has 3 atom stereocenters. The fraction of sp³-hybridized carbons (Fsp3) is 0.310. The number of fused-ring (bicyclic) bond motifs is 3. The van der Waals surface area contributed by atoms with Crippen LogP contribution < -0.4 is 10.6 Å². The maximum Gasteiger partial charge on any atom is 0.413 e. The van der Waals surface area contributed by atoms with E-state index in [1.54, 1.807) is 25.3 Å². The molecule has 0 aliphatic heterocycles. The van der Waals surface area contributed by atoms with Gasteiger partial charge in [0.2, 0.25) is 0 Å². The van der Waals surface area contributed by atoms with Crippen LogP contribution in [0.2, 0.25) is 0 Å². The van der Waals surface area contributed by atoms with E-state index in [1.807, 2.05) is 36.4 Å². The van der Waals surface area contributed by atoms with Gasteiger partial charge in [-0.25, -0.2) is 9.18 Å². The minimum Gasteiger partial charge on any atom is -0.448 e. The number of alkyl carbamates (subject to hydrolysis) is 1. The highest BCUT2D eigenvalue weighted by Gasteiger charge is 2.50. The zero-order valence-corrected chi connectivity index (χ0v) is 21.3. The molecule has 1 saturated carbocycles.